The summed E-state index contributed by atoms with van der Waals surface area (Å²) in [7, 11) is 0. The minimum atomic E-state index is -4.11. The molecule has 1 aliphatic carbocycles. The van der Waals surface area contributed by atoms with Crippen LogP contribution in [0.1, 0.15) is 29.9 Å². The first-order chi connectivity index (χ1) is 8.94. The van der Waals surface area contributed by atoms with Gasteiger partial charge in [0.15, 0.2) is 0 Å². The monoisotopic (exact) mass is 289 g/mol. The van der Waals surface area contributed by atoms with Crippen LogP contribution in [0.15, 0.2) is 24.3 Å². The van der Waals surface area contributed by atoms with Crippen molar-refractivity contribution < 1.29 is 13.2 Å². The van der Waals surface area contributed by atoms with Gasteiger partial charge in [0.25, 0.3) is 0 Å². The van der Waals surface area contributed by atoms with Crippen molar-refractivity contribution in [2.24, 2.45) is 0 Å². The van der Waals surface area contributed by atoms with E-state index in [0.29, 0.717) is 18.5 Å². The summed E-state index contributed by atoms with van der Waals surface area (Å²) in [6.45, 7) is 2.49. The Bertz CT molecular complexity index is 396. The van der Waals surface area contributed by atoms with Crippen molar-refractivity contribution in [3.05, 3.63) is 35.4 Å². The zero-order chi connectivity index (χ0) is 13.9. The summed E-state index contributed by atoms with van der Waals surface area (Å²) in [5, 5.41) is 3.18. The third-order valence-corrected chi connectivity index (χ3v) is 4.22. The molecule has 5 heteroatoms. The zero-order valence-corrected chi connectivity index (χ0v) is 11.7. The highest BCUT2D eigenvalue weighted by Gasteiger charge is 2.31. The highest BCUT2D eigenvalue weighted by molar-refractivity contribution is 8.00. The van der Waals surface area contributed by atoms with Crippen molar-refractivity contribution in [3.8, 4) is 0 Å². The van der Waals surface area contributed by atoms with Crippen molar-refractivity contribution in [1.29, 1.82) is 0 Å². The minimum Gasteiger partial charge on any atom is -0.313 e. The van der Waals surface area contributed by atoms with E-state index in [1.54, 1.807) is 0 Å². The van der Waals surface area contributed by atoms with E-state index >= 15 is 0 Å². The van der Waals surface area contributed by atoms with E-state index in [1.807, 2.05) is 0 Å². The Labute approximate surface area is 116 Å². The summed E-state index contributed by atoms with van der Waals surface area (Å²) in [4.78, 5) is 0. The molecule has 0 spiro atoms. The van der Waals surface area contributed by atoms with Crippen LogP contribution in [0.5, 0.6) is 0 Å². The van der Waals surface area contributed by atoms with Gasteiger partial charge in [-0.15, -0.1) is 0 Å². The van der Waals surface area contributed by atoms with Crippen LogP contribution < -0.4 is 5.32 Å². The Morgan fingerprint density at radius 1 is 1.21 bits per heavy atom. The van der Waals surface area contributed by atoms with Crippen molar-refractivity contribution in [2.75, 3.05) is 12.3 Å². The van der Waals surface area contributed by atoms with Crippen LogP contribution in [0.3, 0.4) is 0 Å². The number of rotatable bonds is 5. The molecule has 1 aromatic rings. The number of benzene rings is 1. The Balaban J connectivity index is 1.63. The standard InChI is InChI=1S/C14H18F3NS/c1-10-2-4-11(5-3-10)12-8-13(9-12)18-6-7-19-14(15,16)17/h2-5,12-13,18H,6-9H2,1H3. The Morgan fingerprint density at radius 3 is 2.42 bits per heavy atom. The average Bonchev–Trinajstić information content (AvgIpc) is 2.27. The zero-order valence-electron chi connectivity index (χ0n) is 10.8. The molecular formula is C14H18F3NS. The summed E-state index contributed by atoms with van der Waals surface area (Å²) in [6.07, 6.45) is 2.06. The van der Waals surface area contributed by atoms with Gasteiger partial charge < -0.3 is 5.32 Å². The van der Waals surface area contributed by atoms with E-state index in [0.717, 1.165) is 12.8 Å². The van der Waals surface area contributed by atoms with Gasteiger partial charge in [0.1, 0.15) is 0 Å². The third-order valence-electron chi connectivity index (χ3n) is 3.49. The van der Waals surface area contributed by atoms with Gasteiger partial charge in [-0.2, -0.15) is 13.2 Å². The number of hydrogen-bond acceptors (Lipinski definition) is 2. The van der Waals surface area contributed by atoms with E-state index in [-0.39, 0.29) is 17.5 Å². The maximum atomic E-state index is 11.9. The predicted molar refractivity (Wildman–Crippen MR) is 73.5 cm³/mol. The molecule has 0 heterocycles. The molecule has 106 valence electrons. The van der Waals surface area contributed by atoms with Gasteiger partial charge in [-0.05, 0) is 43.0 Å². The molecule has 0 atom stereocenters. The predicted octanol–water partition coefficient (Wildman–Crippen LogP) is 4.08. The SMILES string of the molecule is Cc1ccc(C2CC(NCCSC(F)(F)F)C2)cc1. The van der Waals surface area contributed by atoms with Crippen LogP contribution in [-0.2, 0) is 0 Å². The Hall–Kier alpha value is -0.680. The van der Waals surface area contributed by atoms with Gasteiger partial charge in [0, 0.05) is 18.3 Å². The topological polar surface area (TPSA) is 12.0 Å². The molecule has 19 heavy (non-hydrogen) atoms. The second-order valence-corrected chi connectivity index (χ2v) is 6.18. The maximum absolute atomic E-state index is 11.9. The van der Waals surface area contributed by atoms with Crippen LogP contribution in [0.4, 0.5) is 13.2 Å². The number of thioether (sulfide) groups is 1. The van der Waals surface area contributed by atoms with Crippen LogP contribution in [-0.4, -0.2) is 23.8 Å². The molecule has 0 aliphatic heterocycles. The van der Waals surface area contributed by atoms with Gasteiger partial charge in [-0.3, -0.25) is 0 Å². The molecule has 0 aromatic heterocycles. The van der Waals surface area contributed by atoms with Gasteiger partial charge in [0.05, 0.1) is 0 Å². The third kappa shape index (κ3) is 4.73. The van der Waals surface area contributed by atoms with Gasteiger partial charge >= 0.3 is 5.51 Å². The quantitative estimate of drug-likeness (QED) is 0.820. The molecule has 2 rings (SSSR count). The summed E-state index contributed by atoms with van der Waals surface area (Å²) in [5.74, 6) is 0.656. The highest BCUT2D eigenvalue weighted by Crippen LogP contribution is 2.37. The van der Waals surface area contributed by atoms with Crippen molar-refractivity contribution in [1.82, 2.24) is 5.32 Å². The van der Waals surface area contributed by atoms with Crippen molar-refractivity contribution in [2.45, 2.75) is 37.2 Å². The minimum absolute atomic E-state index is 0.0464. The molecule has 0 amide bonds. The Morgan fingerprint density at radius 2 is 1.84 bits per heavy atom. The molecule has 0 radical (unpaired) electrons. The lowest BCUT2D eigenvalue weighted by molar-refractivity contribution is -0.0327. The van der Waals surface area contributed by atoms with Crippen LogP contribution in [0.25, 0.3) is 0 Å². The number of halogens is 3. The maximum Gasteiger partial charge on any atom is 0.441 e. The van der Waals surface area contributed by atoms with E-state index in [4.69, 9.17) is 0 Å². The molecule has 0 saturated heterocycles. The molecule has 1 N–H and O–H groups in total. The summed E-state index contributed by atoms with van der Waals surface area (Å²) >= 11 is 0.0464. The summed E-state index contributed by atoms with van der Waals surface area (Å²) < 4.78 is 35.8. The van der Waals surface area contributed by atoms with E-state index in [9.17, 15) is 13.2 Å². The fourth-order valence-electron chi connectivity index (χ4n) is 2.33. The molecule has 1 nitrogen and oxygen atoms in total. The second-order valence-electron chi connectivity index (χ2n) is 5.02. The number of nitrogens with one attached hydrogen (secondary N) is 1. The van der Waals surface area contributed by atoms with E-state index < -0.39 is 5.51 Å². The molecule has 1 fully saturated rings. The normalized spacial score (nSPS) is 23.2. The second kappa shape index (κ2) is 6.18. The first-order valence-electron chi connectivity index (χ1n) is 6.45. The van der Waals surface area contributed by atoms with Gasteiger partial charge in [-0.25, -0.2) is 0 Å². The van der Waals surface area contributed by atoms with Gasteiger partial charge in [-0.1, -0.05) is 29.8 Å². The summed E-state index contributed by atoms with van der Waals surface area (Å²) in [5.41, 5.74) is -1.51. The average molecular weight is 289 g/mol. The lowest BCUT2D eigenvalue weighted by Gasteiger charge is -2.36. The van der Waals surface area contributed by atoms with Gasteiger partial charge in [0.2, 0.25) is 0 Å². The molecule has 0 unspecified atom stereocenters. The molecule has 1 aromatic carbocycles. The van der Waals surface area contributed by atoms with E-state index in [1.165, 1.54) is 11.1 Å². The van der Waals surface area contributed by atoms with Crippen molar-refractivity contribution >= 4 is 11.8 Å². The molecule has 1 saturated carbocycles. The van der Waals surface area contributed by atoms with Crippen LogP contribution >= 0.6 is 11.8 Å². The van der Waals surface area contributed by atoms with E-state index in [2.05, 4.69) is 36.5 Å². The first kappa shape index (κ1) is 14.7. The largest absolute Gasteiger partial charge is 0.441 e. The number of aryl methyl sites for hydroxylation is 1. The molecular weight excluding hydrogens is 271 g/mol. The molecule has 0 bridgehead atoms. The first-order valence-corrected chi connectivity index (χ1v) is 7.43. The molecule has 1 aliphatic rings. The smallest absolute Gasteiger partial charge is 0.313 e. The Kier molecular flexibility index (Phi) is 4.79. The fourth-order valence-corrected chi connectivity index (χ4v) is 2.78. The fraction of sp³-hybridized carbons (Fsp3) is 0.571. The van der Waals surface area contributed by atoms with Crippen LogP contribution in [0.2, 0.25) is 0 Å². The lowest BCUT2D eigenvalue weighted by Crippen LogP contribution is -2.41. The summed E-state index contributed by atoms with van der Waals surface area (Å²) in [6, 6.07) is 8.89. The van der Waals surface area contributed by atoms with Crippen LogP contribution in [0, 0.1) is 6.92 Å². The number of hydrogen-bond donors (Lipinski definition) is 1. The number of alkyl halides is 3. The van der Waals surface area contributed by atoms with Crippen molar-refractivity contribution in [3.63, 3.8) is 0 Å². The highest BCUT2D eigenvalue weighted by atomic mass is 32.2. The lowest BCUT2D eigenvalue weighted by atomic mass is 9.76.